The standard InChI is InChI=1S/C19H23N3O3/c1-12-11-15(22-25-12)21-17(24)19(9-10-19)16(23)20-14-8-6-5-7-13(14)18(2,3)4/h5-8,11H,9-10H2,1-4H3,(H,20,23)(H,21,22,24). The third-order valence-corrected chi connectivity index (χ3v) is 4.47. The summed E-state index contributed by atoms with van der Waals surface area (Å²) in [6.45, 7) is 8.01. The molecule has 1 aliphatic carbocycles. The van der Waals surface area contributed by atoms with Crippen LogP contribution in [0.4, 0.5) is 11.5 Å². The normalized spacial score (nSPS) is 15.5. The highest BCUT2D eigenvalue weighted by molar-refractivity contribution is 6.16. The van der Waals surface area contributed by atoms with Crippen LogP contribution in [0.3, 0.4) is 0 Å². The second kappa shape index (κ2) is 6.02. The summed E-state index contributed by atoms with van der Waals surface area (Å²) >= 11 is 0. The number of hydrogen-bond donors (Lipinski definition) is 2. The van der Waals surface area contributed by atoms with Gasteiger partial charge >= 0.3 is 0 Å². The number of anilines is 2. The number of aryl methyl sites for hydroxylation is 1. The van der Waals surface area contributed by atoms with E-state index in [1.807, 2.05) is 24.3 Å². The Labute approximate surface area is 147 Å². The quantitative estimate of drug-likeness (QED) is 0.832. The van der Waals surface area contributed by atoms with Gasteiger partial charge in [-0.15, -0.1) is 0 Å². The van der Waals surface area contributed by atoms with Gasteiger partial charge in [0.05, 0.1) is 0 Å². The van der Waals surface area contributed by atoms with Gasteiger partial charge in [-0.05, 0) is 36.8 Å². The molecular weight excluding hydrogens is 318 g/mol. The highest BCUT2D eigenvalue weighted by Gasteiger charge is 2.56. The molecule has 1 fully saturated rings. The number of benzene rings is 1. The highest BCUT2D eigenvalue weighted by Crippen LogP contribution is 2.48. The van der Waals surface area contributed by atoms with Gasteiger partial charge in [0.1, 0.15) is 11.2 Å². The number of aromatic nitrogens is 1. The summed E-state index contributed by atoms with van der Waals surface area (Å²) in [7, 11) is 0. The minimum atomic E-state index is -1.03. The van der Waals surface area contributed by atoms with E-state index in [1.165, 1.54) is 0 Å². The van der Waals surface area contributed by atoms with Crippen LogP contribution in [0.1, 0.15) is 44.9 Å². The smallest absolute Gasteiger partial charge is 0.241 e. The molecule has 132 valence electrons. The fourth-order valence-corrected chi connectivity index (χ4v) is 2.83. The number of amides is 2. The van der Waals surface area contributed by atoms with E-state index >= 15 is 0 Å². The van der Waals surface area contributed by atoms with E-state index in [4.69, 9.17) is 4.52 Å². The molecule has 0 spiro atoms. The van der Waals surface area contributed by atoms with E-state index in [9.17, 15) is 9.59 Å². The molecule has 6 heteroatoms. The van der Waals surface area contributed by atoms with Crippen molar-refractivity contribution in [2.45, 2.75) is 46.0 Å². The predicted octanol–water partition coefficient (Wildman–Crippen LogP) is 3.64. The summed E-state index contributed by atoms with van der Waals surface area (Å²) in [4.78, 5) is 25.4. The Kier molecular flexibility index (Phi) is 4.14. The van der Waals surface area contributed by atoms with Crippen molar-refractivity contribution in [2.24, 2.45) is 5.41 Å². The lowest BCUT2D eigenvalue weighted by molar-refractivity contribution is -0.131. The molecule has 2 aromatic rings. The molecule has 0 unspecified atom stereocenters. The van der Waals surface area contributed by atoms with Gasteiger partial charge in [-0.1, -0.05) is 44.1 Å². The summed E-state index contributed by atoms with van der Waals surface area (Å²) in [5.74, 6) is 0.314. The van der Waals surface area contributed by atoms with Crippen LogP contribution >= 0.6 is 0 Å². The lowest BCUT2D eigenvalue weighted by atomic mass is 9.85. The Morgan fingerprint density at radius 2 is 1.76 bits per heavy atom. The second-order valence-corrected chi connectivity index (χ2v) is 7.61. The largest absolute Gasteiger partial charge is 0.360 e. The van der Waals surface area contributed by atoms with E-state index in [0.717, 1.165) is 11.3 Å². The molecular formula is C19H23N3O3. The van der Waals surface area contributed by atoms with E-state index in [2.05, 4.69) is 36.6 Å². The number of carbonyl (C=O) groups excluding carboxylic acids is 2. The van der Waals surface area contributed by atoms with Gasteiger partial charge in [0.2, 0.25) is 11.8 Å². The van der Waals surface area contributed by atoms with Crippen LogP contribution < -0.4 is 10.6 Å². The van der Waals surface area contributed by atoms with Gasteiger partial charge in [0.15, 0.2) is 5.82 Å². The van der Waals surface area contributed by atoms with Crippen molar-refractivity contribution < 1.29 is 14.1 Å². The number of rotatable bonds is 4. The summed E-state index contributed by atoms with van der Waals surface area (Å²) in [5.41, 5.74) is 0.641. The van der Waals surface area contributed by atoms with Crippen LogP contribution in [0.5, 0.6) is 0 Å². The van der Waals surface area contributed by atoms with E-state index in [0.29, 0.717) is 24.4 Å². The Bertz CT molecular complexity index is 813. The summed E-state index contributed by atoms with van der Waals surface area (Å²) in [6.07, 6.45) is 1.05. The SMILES string of the molecule is Cc1cc(NC(=O)C2(C(=O)Nc3ccccc3C(C)(C)C)CC2)no1. The lowest BCUT2D eigenvalue weighted by Crippen LogP contribution is -2.36. The Balaban J connectivity index is 1.76. The zero-order chi connectivity index (χ0) is 18.2. The number of nitrogens with zero attached hydrogens (tertiary/aromatic N) is 1. The number of para-hydroxylation sites is 1. The van der Waals surface area contributed by atoms with Crippen molar-refractivity contribution in [1.29, 1.82) is 0 Å². The number of nitrogens with one attached hydrogen (secondary N) is 2. The van der Waals surface area contributed by atoms with Crippen molar-refractivity contribution in [2.75, 3.05) is 10.6 Å². The van der Waals surface area contributed by atoms with Crippen molar-refractivity contribution in [3.8, 4) is 0 Å². The number of carbonyl (C=O) groups is 2. The molecule has 0 saturated heterocycles. The number of hydrogen-bond acceptors (Lipinski definition) is 4. The average Bonchev–Trinajstić information content (AvgIpc) is 3.26. The maximum Gasteiger partial charge on any atom is 0.241 e. The molecule has 1 aromatic carbocycles. The van der Waals surface area contributed by atoms with Gasteiger partial charge < -0.3 is 15.2 Å². The van der Waals surface area contributed by atoms with Gasteiger partial charge in [0, 0.05) is 11.8 Å². The van der Waals surface area contributed by atoms with Crippen LogP contribution in [-0.2, 0) is 15.0 Å². The molecule has 0 aliphatic heterocycles. The first kappa shape index (κ1) is 17.2. The lowest BCUT2D eigenvalue weighted by Gasteiger charge is -2.24. The molecule has 1 aromatic heterocycles. The molecule has 25 heavy (non-hydrogen) atoms. The Morgan fingerprint density at radius 1 is 1.12 bits per heavy atom. The van der Waals surface area contributed by atoms with Crippen LogP contribution in [0, 0.1) is 12.3 Å². The highest BCUT2D eigenvalue weighted by atomic mass is 16.5. The first-order valence-corrected chi connectivity index (χ1v) is 8.38. The summed E-state index contributed by atoms with van der Waals surface area (Å²) in [5, 5.41) is 9.37. The van der Waals surface area contributed by atoms with Crippen molar-refractivity contribution in [3.05, 3.63) is 41.7 Å². The molecule has 2 N–H and O–H groups in total. The molecule has 3 rings (SSSR count). The maximum atomic E-state index is 12.8. The van der Waals surface area contributed by atoms with Crippen molar-refractivity contribution >= 4 is 23.3 Å². The fraction of sp³-hybridized carbons (Fsp3) is 0.421. The average molecular weight is 341 g/mol. The van der Waals surface area contributed by atoms with Gasteiger partial charge in [0.25, 0.3) is 0 Å². The third kappa shape index (κ3) is 3.43. The molecule has 1 aliphatic rings. The topological polar surface area (TPSA) is 84.2 Å². The molecule has 6 nitrogen and oxygen atoms in total. The van der Waals surface area contributed by atoms with E-state index < -0.39 is 5.41 Å². The van der Waals surface area contributed by atoms with Crippen LogP contribution in [0.2, 0.25) is 0 Å². The Hall–Kier alpha value is -2.63. The van der Waals surface area contributed by atoms with E-state index in [1.54, 1.807) is 13.0 Å². The molecule has 1 heterocycles. The molecule has 0 atom stereocenters. The zero-order valence-corrected chi connectivity index (χ0v) is 15.0. The maximum absolute atomic E-state index is 12.8. The first-order valence-electron chi connectivity index (χ1n) is 8.38. The molecule has 0 radical (unpaired) electrons. The second-order valence-electron chi connectivity index (χ2n) is 7.61. The van der Waals surface area contributed by atoms with Crippen LogP contribution in [0.15, 0.2) is 34.9 Å². The van der Waals surface area contributed by atoms with Crippen LogP contribution in [0.25, 0.3) is 0 Å². The fourth-order valence-electron chi connectivity index (χ4n) is 2.83. The van der Waals surface area contributed by atoms with Crippen LogP contribution in [-0.4, -0.2) is 17.0 Å². The molecule has 2 amide bonds. The molecule has 1 saturated carbocycles. The van der Waals surface area contributed by atoms with Crippen molar-refractivity contribution in [3.63, 3.8) is 0 Å². The monoisotopic (exact) mass is 341 g/mol. The molecule has 0 bridgehead atoms. The summed E-state index contributed by atoms with van der Waals surface area (Å²) < 4.78 is 4.94. The van der Waals surface area contributed by atoms with E-state index in [-0.39, 0.29) is 17.2 Å². The first-order chi connectivity index (χ1) is 11.7. The summed E-state index contributed by atoms with van der Waals surface area (Å²) in [6, 6.07) is 9.31. The predicted molar refractivity (Wildman–Crippen MR) is 95.3 cm³/mol. The minimum Gasteiger partial charge on any atom is -0.360 e. The Morgan fingerprint density at radius 3 is 2.32 bits per heavy atom. The van der Waals surface area contributed by atoms with Crippen molar-refractivity contribution in [1.82, 2.24) is 5.16 Å². The van der Waals surface area contributed by atoms with Gasteiger partial charge in [-0.3, -0.25) is 9.59 Å². The zero-order valence-electron chi connectivity index (χ0n) is 15.0. The minimum absolute atomic E-state index is 0.110. The third-order valence-electron chi connectivity index (χ3n) is 4.47. The van der Waals surface area contributed by atoms with Gasteiger partial charge in [-0.25, -0.2) is 0 Å². The van der Waals surface area contributed by atoms with Gasteiger partial charge in [-0.2, -0.15) is 0 Å².